The highest BCUT2D eigenvalue weighted by molar-refractivity contribution is 6.02. The summed E-state index contributed by atoms with van der Waals surface area (Å²) in [7, 11) is 1.55. The number of carbonyl (C=O) groups excluding carboxylic acids is 2. The number of para-hydroxylation sites is 1. The second-order valence-electron chi connectivity index (χ2n) is 5.86. The Bertz CT molecular complexity index is 966. The maximum atomic E-state index is 12.6. The van der Waals surface area contributed by atoms with Gasteiger partial charge in [0.15, 0.2) is 0 Å². The molecule has 0 bridgehead atoms. The first-order chi connectivity index (χ1) is 13.6. The molecule has 1 N–H and O–H groups in total. The predicted octanol–water partition coefficient (Wildman–Crippen LogP) is 3.71. The van der Waals surface area contributed by atoms with E-state index in [0.29, 0.717) is 16.9 Å². The van der Waals surface area contributed by atoms with Gasteiger partial charge in [0.2, 0.25) is 17.5 Å². The lowest BCUT2D eigenvalue weighted by molar-refractivity contribution is -0.115. The molecule has 7 heteroatoms. The third-order valence-corrected chi connectivity index (χ3v) is 4.02. The Kier molecular flexibility index (Phi) is 6.06. The number of ether oxygens (including phenoxy) is 2. The fourth-order valence-corrected chi connectivity index (χ4v) is 2.78. The van der Waals surface area contributed by atoms with Gasteiger partial charge in [0.05, 0.1) is 25.7 Å². The van der Waals surface area contributed by atoms with Gasteiger partial charge in [-0.05, 0) is 18.6 Å². The summed E-state index contributed by atoms with van der Waals surface area (Å²) in [6.45, 7) is 1.91. The largest absolute Gasteiger partial charge is 0.496 e. The SMILES string of the molecule is CCOC(=O)c1noc(NC(=O)Cc2ccccc2OC)c1-c1ccccc1. The number of nitrogens with zero attached hydrogens (tertiary/aromatic N) is 1. The standard InChI is InChI=1S/C21H20N2O5/c1-3-27-21(25)19-18(14-9-5-4-6-10-14)20(28-23-19)22-17(24)13-15-11-7-8-12-16(15)26-2/h4-12H,3,13H2,1-2H3,(H,22,24). The fourth-order valence-electron chi connectivity index (χ4n) is 2.78. The highest BCUT2D eigenvalue weighted by Crippen LogP contribution is 2.32. The Morgan fingerprint density at radius 3 is 2.50 bits per heavy atom. The Balaban J connectivity index is 1.89. The van der Waals surface area contributed by atoms with E-state index in [0.717, 1.165) is 5.56 Å². The lowest BCUT2D eigenvalue weighted by Gasteiger charge is -2.08. The number of rotatable bonds is 7. The van der Waals surface area contributed by atoms with Crippen LogP contribution in [0.25, 0.3) is 11.1 Å². The normalized spacial score (nSPS) is 10.4. The number of carbonyl (C=O) groups is 2. The zero-order valence-corrected chi connectivity index (χ0v) is 15.6. The van der Waals surface area contributed by atoms with Crippen LogP contribution in [0.4, 0.5) is 5.88 Å². The number of hydrogen-bond donors (Lipinski definition) is 1. The smallest absolute Gasteiger partial charge is 0.361 e. The highest BCUT2D eigenvalue weighted by atomic mass is 16.5. The van der Waals surface area contributed by atoms with Crippen molar-refractivity contribution >= 4 is 17.8 Å². The lowest BCUT2D eigenvalue weighted by Crippen LogP contribution is -2.15. The number of methoxy groups -OCH3 is 1. The van der Waals surface area contributed by atoms with E-state index in [1.165, 1.54) is 0 Å². The minimum absolute atomic E-state index is 0.0145. The Hall–Kier alpha value is -3.61. The summed E-state index contributed by atoms with van der Waals surface area (Å²) in [4.78, 5) is 24.8. The van der Waals surface area contributed by atoms with Crippen LogP contribution in [0.15, 0.2) is 59.1 Å². The summed E-state index contributed by atoms with van der Waals surface area (Å²) < 4.78 is 15.6. The van der Waals surface area contributed by atoms with Crippen LogP contribution in [0.3, 0.4) is 0 Å². The Morgan fingerprint density at radius 1 is 1.07 bits per heavy atom. The van der Waals surface area contributed by atoms with Gasteiger partial charge in [-0.3, -0.25) is 10.1 Å². The van der Waals surface area contributed by atoms with E-state index in [1.807, 2.05) is 30.3 Å². The molecule has 2 aromatic carbocycles. The van der Waals surface area contributed by atoms with Crippen molar-refractivity contribution in [2.24, 2.45) is 0 Å². The van der Waals surface area contributed by atoms with Gasteiger partial charge in [0.1, 0.15) is 5.75 Å². The minimum Gasteiger partial charge on any atom is -0.496 e. The van der Waals surface area contributed by atoms with Gasteiger partial charge in [-0.15, -0.1) is 0 Å². The molecule has 3 rings (SSSR count). The topological polar surface area (TPSA) is 90.7 Å². The van der Waals surface area contributed by atoms with Gasteiger partial charge in [0.25, 0.3) is 0 Å². The molecule has 1 amide bonds. The Morgan fingerprint density at radius 2 is 1.79 bits per heavy atom. The number of esters is 1. The molecule has 0 saturated carbocycles. The first-order valence-corrected chi connectivity index (χ1v) is 8.78. The van der Waals surface area contributed by atoms with E-state index >= 15 is 0 Å². The first kappa shape index (κ1) is 19.2. The van der Waals surface area contributed by atoms with Crippen LogP contribution in [-0.4, -0.2) is 30.7 Å². The summed E-state index contributed by atoms with van der Waals surface area (Å²) in [5.41, 5.74) is 1.81. The van der Waals surface area contributed by atoms with E-state index in [1.54, 1.807) is 38.3 Å². The molecule has 0 radical (unpaired) electrons. The van der Waals surface area contributed by atoms with Crippen molar-refractivity contribution in [3.8, 4) is 16.9 Å². The number of amides is 1. The molecule has 28 heavy (non-hydrogen) atoms. The Labute approximate surface area is 162 Å². The summed E-state index contributed by atoms with van der Waals surface area (Å²) in [6.07, 6.45) is 0.0771. The number of aromatic nitrogens is 1. The van der Waals surface area contributed by atoms with Gasteiger partial charge >= 0.3 is 5.97 Å². The van der Waals surface area contributed by atoms with E-state index in [2.05, 4.69) is 10.5 Å². The predicted molar refractivity (Wildman–Crippen MR) is 103 cm³/mol. The fraction of sp³-hybridized carbons (Fsp3) is 0.190. The third-order valence-electron chi connectivity index (χ3n) is 4.02. The molecule has 1 heterocycles. The molecule has 0 saturated heterocycles. The van der Waals surface area contributed by atoms with Gasteiger partial charge in [-0.2, -0.15) is 0 Å². The molecule has 0 fully saturated rings. The third kappa shape index (κ3) is 4.20. The van der Waals surface area contributed by atoms with E-state index < -0.39 is 5.97 Å². The zero-order chi connectivity index (χ0) is 19.9. The molecule has 1 aromatic heterocycles. The summed E-state index contributed by atoms with van der Waals surface area (Å²) in [5, 5.41) is 6.51. The van der Waals surface area contributed by atoms with Crippen LogP contribution in [-0.2, 0) is 16.0 Å². The maximum Gasteiger partial charge on any atom is 0.361 e. The molecular formula is C21H20N2O5. The average molecular weight is 380 g/mol. The summed E-state index contributed by atoms with van der Waals surface area (Å²) in [5.74, 6) is -0.233. The van der Waals surface area contributed by atoms with Crippen LogP contribution in [0.1, 0.15) is 23.0 Å². The molecule has 3 aromatic rings. The van der Waals surface area contributed by atoms with Gasteiger partial charge < -0.3 is 14.0 Å². The zero-order valence-electron chi connectivity index (χ0n) is 15.6. The van der Waals surface area contributed by atoms with Crippen molar-refractivity contribution in [3.63, 3.8) is 0 Å². The van der Waals surface area contributed by atoms with Crippen molar-refractivity contribution in [1.29, 1.82) is 0 Å². The number of anilines is 1. The lowest BCUT2D eigenvalue weighted by atomic mass is 10.1. The number of hydrogen-bond acceptors (Lipinski definition) is 6. The molecule has 0 unspecified atom stereocenters. The van der Waals surface area contributed by atoms with Gasteiger partial charge in [0, 0.05) is 5.56 Å². The van der Waals surface area contributed by atoms with Crippen molar-refractivity contribution < 1.29 is 23.6 Å². The summed E-state index contributed by atoms with van der Waals surface area (Å²) in [6, 6.07) is 16.3. The van der Waals surface area contributed by atoms with E-state index in [-0.39, 0.29) is 30.5 Å². The molecule has 0 aliphatic rings. The van der Waals surface area contributed by atoms with E-state index in [9.17, 15) is 9.59 Å². The summed E-state index contributed by atoms with van der Waals surface area (Å²) >= 11 is 0. The molecule has 0 aliphatic carbocycles. The van der Waals surface area contributed by atoms with Crippen molar-refractivity contribution in [2.45, 2.75) is 13.3 Å². The number of nitrogens with one attached hydrogen (secondary N) is 1. The van der Waals surface area contributed by atoms with Crippen LogP contribution < -0.4 is 10.1 Å². The molecule has 144 valence electrons. The maximum absolute atomic E-state index is 12.6. The molecule has 0 aliphatic heterocycles. The minimum atomic E-state index is -0.615. The number of benzene rings is 2. The monoisotopic (exact) mass is 380 g/mol. The molecule has 0 spiro atoms. The average Bonchev–Trinajstić information content (AvgIpc) is 3.12. The molecular weight excluding hydrogens is 360 g/mol. The van der Waals surface area contributed by atoms with Gasteiger partial charge in [-0.25, -0.2) is 4.79 Å². The van der Waals surface area contributed by atoms with Crippen LogP contribution in [0.2, 0.25) is 0 Å². The molecule has 7 nitrogen and oxygen atoms in total. The van der Waals surface area contributed by atoms with Crippen LogP contribution in [0, 0.1) is 0 Å². The van der Waals surface area contributed by atoms with E-state index in [4.69, 9.17) is 14.0 Å². The van der Waals surface area contributed by atoms with Gasteiger partial charge in [-0.1, -0.05) is 53.7 Å². The second-order valence-corrected chi connectivity index (χ2v) is 5.86. The molecule has 0 atom stereocenters. The van der Waals surface area contributed by atoms with Crippen molar-refractivity contribution in [2.75, 3.05) is 19.0 Å². The quantitative estimate of drug-likeness (QED) is 0.629. The van der Waals surface area contributed by atoms with Crippen LogP contribution in [0.5, 0.6) is 5.75 Å². The highest BCUT2D eigenvalue weighted by Gasteiger charge is 2.25. The van der Waals surface area contributed by atoms with Crippen molar-refractivity contribution in [1.82, 2.24) is 5.16 Å². The first-order valence-electron chi connectivity index (χ1n) is 8.78. The van der Waals surface area contributed by atoms with Crippen LogP contribution >= 0.6 is 0 Å². The second kappa shape index (κ2) is 8.85. The van der Waals surface area contributed by atoms with Crippen molar-refractivity contribution in [3.05, 3.63) is 65.9 Å².